The van der Waals surface area contributed by atoms with E-state index >= 15 is 0 Å². The maximum absolute atomic E-state index is 12.1. The van der Waals surface area contributed by atoms with Crippen molar-refractivity contribution in [2.24, 2.45) is 5.73 Å². The molecule has 8 heteroatoms. The van der Waals surface area contributed by atoms with Crippen molar-refractivity contribution in [1.29, 1.82) is 0 Å². The molecule has 0 radical (unpaired) electrons. The molecule has 0 aromatic heterocycles. The summed E-state index contributed by atoms with van der Waals surface area (Å²) in [4.78, 5) is 33.8. The molecule has 1 atom stereocenters. The zero-order valence-electron chi connectivity index (χ0n) is 10.2. The van der Waals surface area contributed by atoms with Crippen molar-refractivity contribution < 1.29 is 19.5 Å². The number of hydrogen-bond donors (Lipinski definition) is 3. The monoisotopic (exact) mass is 454 g/mol. The van der Waals surface area contributed by atoms with Gasteiger partial charge in [-0.2, -0.15) is 0 Å². The molecule has 0 saturated heterocycles. The summed E-state index contributed by atoms with van der Waals surface area (Å²) in [5.74, 6) is -2.34. The molecule has 0 aliphatic heterocycles. The quantitative estimate of drug-likeness (QED) is 0.566. The van der Waals surface area contributed by atoms with Crippen molar-refractivity contribution in [1.82, 2.24) is 5.32 Å². The van der Waals surface area contributed by atoms with Gasteiger partial charge in [-0.3, -0.25) is 9.59 Å². The average Bonchev–Trinajstić information content (AvgIpc) is 2.36. The number of amides is 2. The Labute approximate surface area is 137 Å². The fourth-order valence-corrected chi connectivity index (χ4v) is 2.37. The Morgan fingerprint density at radius 3 is 2.60 bits per heavy atom. The Morgan fingerprint density at radius 1 is 1.40 bits per heavy atom. The molecule has 6 nitrogen and oxygen atoms in total. The lowest BCUT2D eigenvalue weighted by Crippen LogP contribution is -2.41. The Bertz CT molecular complexity index is 550. The highest BCUT2D eigenvalue weighted by atomic mass is 127. The summed E-state index contributed by atoms with van der Waals surface area (Å²) < 4.78 is 1.41. The third-order valence-corrected chi connectivity index (χ3v) is 3.82. The van der Waals surface area contributed by atoms with Gasteiger partial charge >= 0.3 is 5.97 Å². The number of nitrogens with two attached hydrogens (primary N) is 1. The topological polar surface area (TPSA) is 109 Å². The fourth-order valence-electron chi connectivity index (χ4n) is 1.45. The van der Waals surface area contributed by atoms with Gasteiger partial charge < -0.3 is 16.2 Å². The standard InChI is InChI=1S/C12H12BrIN2O4/c13-8-2-1-6(14)5-7(8)11(18)16-9(12(19)20)3-4-10(15)17/h1-2,5,9H,3-4H2,(H2,15,17)(H,16,18)(H,19,20)/t9-/m0/s1. The number of carboxylic acids is 1. The van der Waals surface area contributed by atoms with Gasteiger partial charge in [0.15, 0.2) is 0 Å². The Hall–Kier alpha value is -1.16. The van der Waals surface area contributed by atoms with Crippen LogP contribution in [-0.2, 0) is 9.59 Å². The third-order valence-electron chi connectivity index (χ3n) is 2.46. The van der Waals surface area contributed by atoms with Gasteiger partial charge in [0.1, 0.15) is 6.04 Å². The third kappa shape index (κ3) is 5.08. The van der Waals surface area contributed by atoms with Crippen LogP contribution in [0.1, 0.15) is 23.2 Å². The van der Waals surface area contributed by atoms with E-state index in [1.54, 1.807) is 12.1 Å². The number of carboxylic acid groups (broad SMARTS) is 1. The second-order valence-electron chi connectivity index (χ2n) is 3.99. The van der Waals surface area contributed by atoms with Crippen LogP contribution in [0.3, 0.4) is 0 Å². The first-order valence-electron chi connectivity index (χ1n) is 5.58. The molecule has 1 aromatic carbocycles. The highest BCUT2D eigenvalue weighted by molar-refractivity contribution is 14.1. The van der Waals surface area contributed by atoms with Gasteiger partial charge in [-0.05, 0) is 63.1 Å². The fraction of sp³-hybridized carbons (Fsp3) is 0.250. The van der Waals surface area contributed by atoms with E-state index in [0.29, 0.717) is 10.0 Å². The number of carbonyl (C=O) groups excluding carboxylic acids is 2. The molecular formula is C12H12BrIN2O4. The van der Waals surface area contributed by atoms with Crippen LogP contribution in [0.2, 0.25) is 0 Å². The molecule has 1 rings (SSSR count). The lowest BCUT2D eigenvalue weighted by Gasteiger charge is -2.14. The molecule has 2 amide bonds. The summed E-state index contributed by atoms with van der Waals surface area (Å²) in [6, 6.07) is 3.99. The van der Waals surface area contributed by atoms with E-state index < -0.39 is 23.8 Å². The minimum atomic E-state index is -1.21. The summed E-state index contributed by atoms with van der Waals surface area (Å²) in [6.07, 6.45) is -0.150. The van der Waals surface area contributed by atoms with Crippen LogP contribution in [0.25, 0.3) is 0 Å². The number of rotatable bonds is 6. The normalized spacial score (nSPS) is 11.7. The first kappa shape index (κ1) is 16.9. The van der Waals surface area contributed by atoms with Crippen LogP contribution >= 0.6 is 38.5 Å². The highest BCUT2D eigenvalue weighted by Gasteiger charge is 2.22. The van der Waals surface area contributed by atoms with Gasteiger partial charge in [0.05, 0.1) is 5.56 Å². The number of carbonyl (C=O) groups is 3. The predicted octanol–water partition coefficient (Wildman–Crippen LogP) is 1.50. The lowest BCUT2D eigenvalue weighted by atomic mass is 10.1. The molecule has 0 spiro atoms. The maximum atomic E-state index is 12.1. The van der Waals surface area contributed by atoms with E-state index in [-0.39, 0.29) is 12.8 Å². The zero-order chi connectivity index (χ0) is 15.3. The number of aliphatic carboxylic acids is 1. The van der Waals surface area contributed by atoms with Gasteiger partial charge in [0, 0.05) is 14.5 Å². The molecule has 0 unspecified atom stereocenters. The molecule has 108 valence electrons. The largest absolute Gasteiger partial charge is 0.480 e. The smallest absolute Gasteiger partial charge is 0.326 e. The molecule has 20 heavy (non-hydrogen) atoms. The van der Waals surface area contributed by atoms with E-state index in [1.165, 1.54) is 0 Å². The summed E-state index contributed by atoms with van der Waals surface area (Å²) in [7, 11) is 0. The van der Waals surface area contributed by atoms with E-state index in [0.717, 1.165) is 3.57 Å². The second kappa shape index (κ2) is 7.58. The first-order chi connectivity index (χ1) is 9.31. The van der Waals surface area contributed by atoms with E-state index in [4.69, 9.17) is 10.8 Å². The Balaban J connectivity index is 2.82. The number of primary amides is 1. The van der Waals surface area contributed by atoms with Crippen LogP contribution in [0.15, 0.2) is 22.7 Å². The first-order valence-corrected chi connectivity index (χ1v) is 7.45. The SMILES string of the molecule is NC(=O)CC[C@H](NC(=O)c1cc(I)ccc1Br)C(=O)O. The van der Waals surface area contributed by atoms with E-state index in [9.17, 15) is 14.4 Å². The van der Waals surface area contributed by atoms with Crippen LogP contribution in [0, 0.1) is 3.57 Å². The minimum Gasteiger partial charge on any atom is -0.480 e. The second-order valence-corrected chi connectivity index (χ2v) is 6.09. The summed E-state index contributed by atoms with van der Waals surface area (Å²) in [5.41, 5.74) is 5.31. The van der Waals surface area contributed by atoms with Gasteiger partial charge in [0.25, 0.3) is 5.91 Å². The van der Waals surface area contributed by atoms with Gasteiger partial charge in [-0.25, -0.2) is 4.79 Å². The summed E-state index contributed by atoms with van der Waals surface area (Å²) >= 11 is 5.28. The van der Waals surface area contributed by atoms with Crippen LogP contribution in [-0.4, -0.2) is 28.9 Å². The predicted molar refractivity (Wildman–Crippen MR) is 84.2 cm³/mol. The summed E-state index contributed by atoms with van der Waals surface area (Å²) in [5, 5.41) is 11.4. The van der Waals surface area contributed by atoms with Crippen molar-refractivity contribution in [3.8, 4) is 0 Å². The lowest BCUT2D eigenvalue weighted by molar-refractivity contribution is -0.139. The van der Waals surface area contributed by atoms with Crippen LogP contribution < -0.4 is 11.1 Å². The Morgan fingerprint density at radius 2 is 2.05 bits per heavy atom. The minimum absolute atomic E-state index is 0.0437. The maximum Gasteiger partial charge on any atom is 0.326 e. The van der Waals surface area contributed by atoms with Crippen molar-refractivity contribution in [2.45, 2.75) is 18.9 Å². The van der Waals surface area contributed by atoms with Crippen molar-refractivity contribution in [3.63, 3.8) is 0 Å². The van der Waals surface area contributed by atoms with Gasteiger partial charge in [-0.1, -0.05) is 0 Å². The average molecular weight is 455 g/mol. The van der Waals surface area contributed by atoms with Crippen molar-refractivity contribution >= 4 is 56.3 Å². The van der Waals surface area contributed by atoms with Crippen molar-refractivity contribution in [2.75, 3.05) is 0 Å². The number of nitrogens with one attached hydrogen (secondary N) is 1. The van der Waals surface area contributed by atoms with Crippen LogP contribution in [0.5, 0.6) is 0 Å². The molecular weight excluding hydrogens is 443 g/mol. The molecule has 0 aliphatic rings. The molecule has 1 aromatic rings. The van der Waals surface area contributed by atoms with Gasteiger partial charge in [0.2, 0.25) is 5.91 Å². The molecule has 0 bridgehead atoms. The molecule has 4 N–H and O–H groups in total. The van der Waals surface area contributed by atoms with E-state index in [2.05, 4.69) is 21.2 Å². The Kier molecular flexibility index (Phi) is 6.40. The van der Waals surface area contributed by atoms with Gasteiger partial charge in [-0.15, -0.1) is 0 Å². The number of halogens is 2. The molecule has 0 aliphatic carbocycles. The highest BCUT2D eigenvalue weighted by Crippen LogP contribution is 2.19. The molecule has 0 heterocycles. The van der Waals surface area contributed by atoms with Crippen LogP contribution in [0.4, 0.5) is 0 Å². The zero-order valence-corrected chi connectivity index (χ0v) is 14.0. The summed E-state index contributed by atoms with van der Waals surface area (Å²) in [6.45, 7) is 0. The molecule has 0 fully saturated rings. The van der Waals surface area contributed by atoms with Crippen molar-refractivity contribution in [3.05, 3.63) is 31.8 Å². The number of hydrogen-bond acceptors (Lipinski definition) is 3. The number of benzene rings is 1. The molecule has 0 saturated carbocycles. The van der Waals surface area contributed by atoms with E-state index in [1.807, 2.05) is 28.7 Å².